The van der Waals surface area contributed by atoms with Gasteiger partial charge in [0.15, 0.2) is 11.5 Å². The van der Waals surface area contributed by atoms with Gasteiger partial charge in [0.05, 0.1) is 0 Å². The Morgan fingerprint density at radius 1 is 0.419 bits per heavy atom. The average molecular weight is 629 g/mol. The molecule has 0 aliphatic heterocycles. The molecular formula is C36H21BrO6. The summed E-state index contributed by atoms with van der Waals surface area (Å²) in [6, 6.07) is 38.8. The number of benzene rings is 7. The minimum atomic E-state index is -0.900. The third-order valence-corrected chi connectivity index (χ3v) is 7.82. The van der Waals surface area contributed by atoms with Crippen molar-refractivity contribution in [2.24, 2.45) is 0 Å². The zero-order chi connectivity index (χ0) is 29.3. The zero-order valence-corrected chi connectivity index (χ0v) is 24.0. The molecule has 208 valence electrons. The van der Waals surface area contributed by atoms with Crippen LogP contribution in [0.3, 0.4) is 0 Å². The van der Waals surface area contributed by atoms with Gasteiger partial charge in [0.1, 0.15) is 11.5 Å². The van der Waals surface area contributed by atoms with Gasteiger partial charge in [-0.1, -0.05) is 125 Å². The van der Waals surface area contributed by atoms with Gasteiger partial charge in [0.25, 0.3) is 0 Å². The first kappa shape index (κ1) is 26.5. The molecule has 0 radical (unpaired) electrons. The minimum Gasteiger partial charge on any atom is -0.394 e. The van der Waals surface area contributed by atoms with E-state index in [1.54, 1.807) is 30.3 Å². The molecule has 0 heterocycles. The molecule has 0 unspecified atom stereocenters. The highest BCUT2D eigenvalue weighted by atomic mass is 79.9. The first-order valence-electron chi connectivity index (χ1n) is 13.4. The fraction of sp³-hybridized carbons (Fsp3) is 0. The van der Waals surface area contributed by atoms with Crippen LogP contribution in [-0.2, 0) is 0 Å². The largest absolute Gasteiger partial charge is 0.519 e. The third kappa shape index (κ3) is 5.00. The second-order valence-corrected chi connectivity index (χ2v) is 10.6. The SMILES string of the molecule is O=C(Oc1cccc2ccccc12)Oc1c2ccccc2c(OC(=O)Oc2cccc3ccccc23)c2c(Br)cccc12. The average Bonchev–Trinajstić information content (AvgIpc) is 3.03. The Kier molecular flexibility index (Phi) is 6.85. The van der Waals surface area contributed by atoms with E-state index in [-0.39, 0.29) is 11.5 Å². The molecule has 0 amide bonds. The van der Waals surface area contributed by atoms with E-state index >= 15 is 0 Å². The van der Waals surface area contributed by atoms with Crippen LogP contribution in [0.1, 0.15) is 0 Å². The molecule has 7 aromatic carbocycles. The van der Waals surface area contributed by atoms with E-state index in [2.05, 4.69) is 15.9 Å². The normalized spacial score (nSPS) is 11.1. The minimum absolute atomic E-state index is 0.262. The maximum absolute atomic E-state index is 13.2. The van der Waals surface area contributed by atoms with Gasteiger partial charge in [-0.2, -0.15) is 0 Å². The summed E-state index contributed by atoms with van der Waals surface area (Å²) in [5.41, 5.74) is 0. The number of ether oxygens (including phenoxy) is 4. The maximum atomic E-state index is 13.2. The summed E-state index contributed by atoms with van der Waals surface area (Å²) in [6.07, 6.45) is -1.80. The Bertz CT molecular complexity index is 2200. The van der Waals surface area contributed by atoms with Gasteiger partial charge >= 0.3 is 12.3 Å². The molecule has 6 nitrogen and oxygen atoms in total. The summed E-state index contributed by atoms with van der Waals surface area (Å²) >= 11 is 3.60. The van der Waals surface area contributed by atoms with Crippen LogP contribution in [0.4, 0.5) is 9.59 Å². The zero-order valence-electron chi connectivity index (χ0n) is 22.5. The van der Waals surface area contributed by atoms with Crippen molar-refractivity contribution in [1.82, 2.24) is 0 Å². The molecule has 7 heteroatoms. The first-order valence-corrected chi connectivity index (χ1v) is 14.2. The van der Waals surface area contributed by atoms with E-state index in [4.69, 9.17) is 18.9 Å². The van der Waals surface area contributed by atoms with Crippen LogP contribution in [0.2, 0.25) is 0 Å². The van der Waals surface area contributed by atoms with Crippen LogP contribution in [-0.4, -0.2) is 12.3 Å². The van der Waals surface area contributed by atoms with E-state index in [0.717, 1.165) is 21.5 Å². The number of rotatable bonds is 4. The van der Waals surface area contributed by atoms with Crippen molar-refractivity contribution >= 4 is 71.3 Å². The van der Waals surface area contributed by atoms with Crippen molar-refractivity contribution in [1.29, 1.82) is 0 Å². The molecule has 7 aromatic rings. The number of halogens is 1. The van der Waals surface area contributed by atoms with Crippen LogP contribution < -0.4 is 18.9 Å². The van der Waals surface area contributed by atoms with Crippen molar-refractivity contribution in [3.05, 3.63) is 132 Å². The second kappa shape index (κ2) is 11.1. The van der Waals surface area contributed by atoms with Gasteiger partial charge in [-0.05, 0) is 29.0 Å². The van der Waals surface area contributed by atoms with Crippen LogP contribution in [0, 0.1) is 0 Å². The van der Waals surface area contributed by atoms with Crippen molar-refractivity contribution < 1.29 is 28.5 Å². The van der Waals surface area contributed by atoms with Crippen molar-refractivity contribution in [3.63, 3.8) is 0 Å². The summed E-state index contributed by atoms with van der Waals surface area (Å²) < 4.78 is 23.8. The van der Waals surface area contributed by atoms with Crippen molar-refractivity contribution in [3.8, 4) is 23.0 Å². The Morgan fingerprint density at radius 2 is 0.837 bits per heavy atom. The number of fused-ring (bicyclic) bond motifs is 4. The van der Waals surface area contributed by atoms with Gasteiger partial charge in [-0.15, -0.1) is 0 Å². The topological polar surface area (TPSA) is 71.1 Å². The summed E-state index contributed by atoms with van der Waals surface area (Å²) in [6.45, 7) is 0. The number of carbonyl (C=O) groups excluding carboxylic acids is 2. The number of hydrogen-bond acceptors (Lipinski definition) is 6. The molecule has 0 aromatic heterocycles. The summed E-state index contributed by atoms with van der Waals surface area (Å²) in [5, 5.41) is 5.60. The second-order valence-electron chi connectivity index (χ2n) is 9.73. The highest BCUT2D eigenvalue weighted by Crippen LogP contribution is 2.46. The molecule has 0 aliphatic carbocycles. The Labute approximate surface area is 254 Å². The number of hydrogen-bond donors (Lipinski definition) is 0. The number of carbonyl (C=O) groups is 2. The predicted molar refractivity (Wildman–Crippen MR) is 170 cm³/mol. The lowest BCUT2D eigenvalue weighted by molar-refractivity contribution is 0.151. The molecule has 0 spiro atoms. The molecule has 0 aliphatic rings. The van der Waals surface area contributed by atoms with E-state index in [1.165, 1.54) is 0 Å². The van der Waals surface area contributed by atoms with Crippen LogP contribution >= 0.6 is 15.9 Å². The predicted octanol–water partition coefficient (Wildman–Crippen LogP) is 10.2. The molecule has 0 atom stereocenters. The third-order valence-electron chi connectivity index (χ3n) is 7.16. The summed E-state index contributed by atoms with van der Waals surface area (Å²) in [7, 11) is 0. The standard InChI is InChI=1S/C36H21BrO6/c37-29-19-9-18-28-32(29)34(43-36(39)41-31-21-8-13-23-11-2-4-15-25(23)31)27-17-6-5-16-26(27)33(28)42-35(38)40-30-20-7-12-22-10-1-3-14-24(22)30/h1-21H. The Balaban J connectivity index is 1.28. The lowest BCUT2D eigenvalue weighted by Crippen LogP contribution is -2.16. The molecule has 0 fully saturated rings. The van der Waals surface area contributed by atoms with Gasteiger partial charge in [-0.25, -0.2) is 9.59 Å². The summed E-state index contributed by atoms with van der Waals surface area (Å²) in [4.78, 5) is 26.4. The fourth-order valence-electron chi connectivity index (χ4n) is 5.28. The molecule has 0 bridgehead atoms. The molecule has 0 N–H and O–H groups in total. The van der Waals surface area contributed by atoms with Crippen molar-refractivity contribution in [2.75, 3.05) is 0 Å². The van der Waals surface area contributed by atoms with Crippen LogP contribution in [0.15, 0.2) is 132 Å². The fourth-order valence-corrected chi connectivity index (χ4v) is 5.82. The lowest BCUT2D eigenvalue weighted by Gasteiger charge is -2.17. The maximum Gasteiger partial charge on any atom is 0.519 e. The highest BCUT2D eigenvalue weighted by Gasteiger charge is 2.23. The van der Waals surface area contributed by atoms with Crippen molar-refractivity contribution in [2.45, 2.75) is 0 Å². The first-order chi connectivity index (χ1) is 21.1. The van der Waals surface area contributed by atoms with Gasteiger partial charge in [-0.3, -0.25) is 0 Å². The van der Waals surface area contributed by atoms with Gasteiger partial charge in [0.2, 0.25) is 0 Å². The summed E-state index contributed by atoms with van der Waals surface area (Å²) in [5.74, 6) is 1.30. The van der Waals surface area contributed by atoms with Gasteiger partial charge in [0, 0.05) is 36.8 Å². The van der Waals surface area contributed by atoms with E-state index in [1.807, 2.05) is 97.1 Å². The molecule has 7 rings (SSSR count). The Hall–Kier alpha value is -5.40. The Morgan fingerprint density at radius 3 is 1.42 bits per heavy atom. The van der Waals surface area contributed by atoms with E-state index in [0.29, 0.717) is 37.5 Å². The monoisotopic (exact) mass is 628 g/mol. The molecular weight excluding hydrogens is 608 g/mol. The van der Waals surface area contributed by atoms with E-state index in [9.17, 15) is 9.59 Å². The quantitative estimate of drug-likeness (QED) is 0.110. The smallest absolute Gasteiger partial charge is 0.394 e. The molecule has 0 saturated heterocycles. The van der Waals surface area contributed by atoms with E-state index < -0.39 is 12.3 Å². The molecule has 43 heavy (non-hydrogen) atoms. The lowest BCUT2D eigenvalue weighted by atomic mass is 10.0. The van der Waals surface area contributed by atoms with Crippen LogP contribution in [0.5, 0.6) is 23.0 Å². The van der Waals surface area contributed by atoms with Crippen LogP contribution in [0.25, 0.3) is 43.1 Å². The van der Waals surface area contributed by atoms with Gasteiger partial charge < -0.3 is 18.9 Å². The highest BCUT2D eigenvalue weighted by molar-refractivity contribution is 9.10. The molecule has 0 saturated carbocycles.